The van der Waals surface area contributed by atoms with E-state index < -0.39 is 11.9 Å². The van der Waals surface area contributed by atoms with Crippen molar-refractivity contribution < 1.29 is 23.8 Å². The van der Waals surface area contributed by atoms with Gasteiger partial charge < -0.3 is 24.5 Å². The van der Waals surface area contributed by atoms with E-state index in [-0.39, 0.29) is 18.6 Å². The fourth-order valence-electron chi connectivity index (χ4n) is 3.25. The van der Waals surface area contributed by atoms with Gasteiger partial charge in [-0.15, -0.1) is 0 Å². The molecule has 0 saturated carbocycles. The summed E-state index contributed by atoms with van der Waals surface area (Å²) in [5.74, 6) is 0.0916. The molecular formula is C18H22N2O5. The highest BCUT2D eigenvalue weighted by atomic mass is 16.5. The summed E-state index contributed by atoms with van der Waals surface area (Å²) in [4.78, 5) is 24.9. The van der Waals surface area contributed by atoms with Gasteiger partial charge in [0.15, 0.2) is 0 Å². The van der Waals surface area contributed by atoms with Crippen LogP contribution in [0.15, 0.2) is 22.6 Å². The quantitative estimate of drug-likeness (QED) is 0.888. The number of ether oxygens (including phenoxy) is 1. The molecule has 0 spiro atoms. The van der Waals surface area contributed by atoms with E-state index >= 15 is 0 Å². The van der Waals surface area contributed by atoms with Crippen molar-refractivity contribution in [1.82, 2.24) is 10.2 Å². The topological polar surface area (TPSA) is 92.0 Å². The van der Waals surface area contributed by atoms with Gasteiger partial charge in [-0.25, -0.2) is 4.79 Å². The summed E-state index contributed by atoms with van der Waals surface area (Å²) in [6.07, 6.45) is 0.487. The van der Waals surface area contributed by atoms with Crippen LogP contribution in [0.2, 0.25) is 0 Å². The highest BCUT2D eigenvalue weighted by Gasteiger charge is 2.31. The number of hydrogen-bond donors (Lipinski definition) is 2. The van der Waals surface area contributed by atoms with Crippen LogP contribution in [-0.4, -0.2) is 42.2 Å². The van der Waals surface area contributed by atoms with E-state index in [4.69, 9.17) is 14.3 Å². The normalized spacial score (nSPS) is 18.4. The second-order valence-electron chi connectivity index (χ2n) is 6.39. The third kappa shape index (κ3) is 3.26. The molecule has 3 rings (SSSR count). The Morgan fingerprint density at radius 1 is 1.44 bits per heavy atom. The lowest BCUT2D eigenvalue weighted by molar-refractivity contribution is -0.141. The molecule has 1 saturated heterocycles. The van der Waals surface area contributed by atoms with Gasteiger partial charge in [0, 0.05) is 24.0 Å². The predicted octanol–water partition coefficient (Wildman–Crippen LogP) is 2.93. The zero-order valence-corrected chi connectivity index (χ0v) is 14.5. The van der Waals surface area contributed by atoms with Gasteiger partial charge in [0.1, 0.15) is 17.1 Å². The molecule has 1 aliphatic heterocycles. The molecule has 2 atom stereocenters. The summed E-state index contributed by atoms with van der Waals surface area (Å²) in [6, 6.07) is 4.99. The van der Waals surface area contributed by atoms with Gasteiger partial charge in [-0.05, 0) is 38.5 Å². The number of rotatable bonds is 4. The number of carboxylic acid groups (broad SMARTS) is 1. The highest BCUT2D eigenvalue weighted by Crippen LogP contribution is 2.32. The van der Waals surface area contributed by atoms with Gasteiger partial charge in [0.2, 0.25) is 0 Å². The molecule has 2 aromatic rings. The zero-order chi connectivity index (χ0) is 18.1. The van der Waals surface area contributed by atoms with Crippen LogP contribution >= 0.6 is 0 Å². The Morgan fingerprint density at radius 3 is 2.84 bits per heavy atom. The fourth-order valence-corrected chi connectivity index (χ4v) is 3.25. The summed E-state index contributed by atoms with van der Waals surface area (Å²) in [6.45, 7) is 4.49. The van der Waals surface area contributed by atoms with Crippen molar-refractivity contribution in [2.24, 2.45) is 5.92 Å². The van der Waals surface area contributed by atoms with Gasteiger partial charge in [-0.3, -0.25) is 4.79 Å². The molecule has 0 radical (unpaired) electrons. The van der Waals surface area contributed by atoms with E-state index in [0.29, 0.717) is 18.7 Å². The standard InChI is InChI=1S/C18H22N2O5/c1-10-14-8-13(24-3)4-5-15(14)25-16(10)11(2)19-18(23)20-7-6-12(9-20)17(21)22/h4-5,8,11-12H,6-7,9H2,1-3H3,(H,19,23)(H,21,22). The van der Waals surface area contributed by atoms with Crippen LogP contribution in [-0.2, 0) is 4.79 Å². The van der Waals surface area contributed by atoms with Gasteiger partial charge >= 0.3 is 12.0 Å². The Labute approximate surface area is 145 Å². The predicted molar refractivity (Wildman–Crippen MR) is 91.8 cm³/mol. The maximum Gasteiger partial charge on any atom is 0.318 e. The minimum absolute atomic E-state index is 0.240. The first-order chi connectivity index (χ1) is 11.9. The van der Waals surface area contributed by atoms with Crippen molar-refractivity contribution in [3.05, 3.63) is 29.5 Å². The molecule has 2 amide bonds. The number of nitrogens with zero attached hydrogens (tertiary/aromatic N) is 1. The van der Waals surface area contributed by atoms with Gasteiger partial charge in [-0.1, -0.05) is 0 Å². The SMILES string of the molecule is COc1ccc2oc(C(C)NC(=O)N3CCC(C(=O)O)C3)c(C)c2c1. The molecule has 1 fully saturated rings. The van der Waals surface area contributed by atoms with Crippen LogP contribution in [0.1, 0.15) is 30.7 Å². The summed E-state index contributed by atoms with van der Waals surface area (Å²) < 4.78 is 11.1. The highest BCUT2D eigenvalue weighted by molar-refractivity contribution is 5.84. The molecule has 7 heteroatoms. The molecule has 25 heavy (non-hydrogen) atoms. The van der Waals surface area contributed by atoms with Crippen molar-refractivity contribution in [2.45, 2.75) is 26.3 Å². The second kappa shape index (κ2) is 6.66. The number of methoxy groups -OCH3 is 1. The number of fused-ring (bicyclic) bond motifs is 1. The maximum absolute atomic E-state index is 12.4. The number of nitrogens with one attached hydrogen (secondary N) is 1. The van der Waals surface area contributed by atoms with Crippen molar-refractivity contribution in [2.75, 3.05) is 20.2 Å². The number of likely N-dealkylation sites (tertiary alicyclic amines) is 1. The second-order valence-corrected chi connectivity index (χ2v) is 6.39. The van der Waals surface area contributed by atoms with Crippen molar-refractivity contribution in [3.63, 3.8) is 0 Å². The fraction of sp³-hybridized carbons (Fsp3) is 0.444. The number of urea groups is 1. The molecule has 0 bridgehead atoms. The van der Waals surface area contributed by atoms with Crippen molar-refractivity contribution in [3.8, 4) is 5.75 Å². The van der Waals surface area contributed by atoms with Crippen LogP contribution in [0.5, 0.6) is 5.75 Å². The Hall–Kier alpha value is -2.70. The van der Waals surface area contributed by atoms with Crippen LogP contribution < -0.4 is 10.1 Å². The number of aryl methyl sites for hydroxylation is 1. The molecule has 1 aromatic heterocycles. The number of aliphatic carboxylic acids is 1. The average molecular weight is 346 g/mol. The molecule has 134 valence electrons. The minimum Gasteiger partial charge on any atom is -0.497 e. The Balaban J connectivity index is 1.74. The number of carbonyl (C=O) groups excluding carboxylic acids is 1. The summed E-state index contributed by atoms with van der Waals surface area (Å²) in [7, 11) is 1.61. The van der Waals surface area contributed by atoms with E-state index in [9.17, 15) is 9.59 Å². The molecule has 1 aromatic carbocycles. The third-order valence-corrected chi connectivity index (χ3v) is 4.74. The maximum atomic E-state index is 12.4. The number of carboxylic acids is 1. The summed E-state index contributed by atoms with van der Waals surface area (Å²) in [5, 5.41) is 12.9. The van der Waals surface area contributed by atoms with E-state index in [1.54, 1.807) is 7.11 Å². The minimum atomic E-state index is -0.856. The Bertz CT molecular complexity index is 813. The molecule has 2 heterocycles. The van der Waals surface area contributed by atoms with Gasteiger partial charge in [0.05, 0.1) is 19.1 Å². The summed E-state index contributed by atoms with van der Waals surface area (Å²) >= 11 is 0. The molecule has 0 aliphatic carbocycles. The zero-order valence-electron chi connectivity index (χ0n) is 14.5. The molecule has 1 aliphatic rings. The number of benzene rings is 1. The van der Waals surface area contributed by atoms with Gasteiger partial charge in [0.25, 0.3) is 0 Å². The third-order valence-electron chi connectivity index (χ3n) is 4.74. The van der Waals surface area contributed by atoms with Gasteiger partial charge in [-0.2, -0.15) is 0 Å². The van der Waals surface area contributed by atoms with Crippen LogP contribution in [0.4, 0.5) is 4.79 Å². The molecule has 2 unspecified atom stereocenters. The van der Waals surface area contributed by atoms with Crippen molar-refractivity contribution >= 4 is 23.0 Å². The Morgan fingerprint density at radius 2 is 2.20 bits per heavy atom. The largest absolute Gasteiger partial charge is 0.497 e. The lowest BCUT2D eigenvalue weighted by atomic mass is 10.1. The van der Waals surface area contributed by atoms with E-state index in [1.807, 2.05) is 32.0 Å². The van der Waals surface area contributed by atoms with Crippen LogP contribution in [0, 0.1) is 12.8 Å². The van der Waals surface area contributed by atoms with Crippen LogP contribution in [0.25, 0.3) is 11.0 Å². The smallest absolute Gasteiger partial charge is 0.318 e. The molecular weight excluding hydrogens is 324 g/mol. The lowest BCUT2D eigenvalue weighted by Gasteiger charge is -2.20. The number of carbonyl (C=O) groups is 2. The number of hydrogen-bond acceptors (Lipinski definition) is 4. The first kappa shape index (κ1) is 17.1. The van der Waals surface area contributed by atoms with Crippen LogP contribution in [0.3, 0.4) is 0 Å². The van der Waals surface area contributed by atoms with E-state index in [0.717, 1.165) is 22.3 Å². The first-order valence-electron chi connectivity index (χ1n) is 8.26. The average Bonchev–Trinajstić information content (AvgIpc) is 3.20. The number of furan rings is 1. The summed E-state index contributed by atoms with van der Waals surface area (Å²) in [5.41, 5.74) is 1.69. The van der Waals surface area contributed by atoms with Crippen molar-refractivity contribution in [1.29, 1.82) is 0 Å². The van der Waals surface area contributed by atoms with E-state index in [2.05, 4.69) is 5.32 Å². The first-order valence-corrected chi connectivity index (χ1v) is 8.26. The Kier molecular flexibility index (Phi) is 4.57. The molecule has 2 N–H and O–H groups in total. The van der Waals surface area contributed by atoms with E-state index in [1.165, 1.54) is 4.90 Å². The monoisotopic (exact) mass is 346 g/mol. The lowest BCUT2D eigenvalue weighted by Crippen LogP contribution is -2.40. The molecule has 7 nitrogen and oxygen atoms in total. The number of amides is 2.